The molecule has 2 amide bonds. The van der Waals surface area contributed by atoms with E-state index in [9.17, 15) is 14.0 Å². The zero-order valence-electron chi connectivity index (χ0n) is 17.1. The van der Waals surface area contributed by atoms with Crippen LogP contribution in [0.25, 0.3) is 0 Å². The number of benzene rings is 2. The van der Waals surface area contributed by atoms with Crippen molar-refractivity contribution >= 4 is 17.5 Å². The number of carbonyl (C=O) groups excluding carboxylic acids is 2. The number of likely N-dealkylation sites (tertiary alicyclic amines) is 2. The number of rotatable bonds is 4. The second-order valence-electron chi connectivity index (χ2n) is 8.20. The lowest BCUT2D eigenvalue weighted by Gasteiger charge is -2.41. The number of amides is 2. The Labute approximate surface area is 176 Å². The van der Waals surface area contributed by atoms with E-state index in [0.717, 1.165) is 57.4 Å². The summed E-state index contributed by atoms with van der Waals surface area (Å²) in [5, 5.41) is 2.90. The topological polar surface area (TPSA) is 52.7 Å². The van der Waals surface area contributed by atoms with Gasteiger partial charge in [-0.25, -0.2) is 4.39 Å². The molecular formula is C24H28FN3O2. The monoisotopic (exact) mass is 409 g/mol. The highest BCUT2D eigenvalue weighted by Crippen LogP contribution is 2.25. The largest absolute Gasteiger partial charge is 0.339 e. The van der Waals surface area contributed by atoms with E-state index < -0.39 is 0 Å². The number of nitrogens with one attached hydrogen (secondary N) is 1. The molecule has 2 aromatic carbocycles. The van der Waals surface area contributed by atoms with E-state index in [4.69, 9.17) is 0 Å². The Kier molecular flexibility index (Phi) is 6.43. The van der Waals surface area contributed by atoms with E-state index in [2.05, 4.69) is 10.2 Å². The Hall–Kier alpha value is -2.73. The van der Waals surface area contributed by atoms with Crippen LogP contribution in [0.3, 0.4) is 0 Å². The highest BCUT2D eigenvalue weighted by atomic mass is 19.1. The molecule has 2 heterocycles. The maximum Gasteiger partial charge on any atom is 0.253 e. The molecule has 0 spiro atoms. The molecule has 2 aliphatic heterocycles. The van der Waals surface area contributed by atoms with Crippen molar-refractivity contribution in [2.24, 2.45) is 5.92 Å². The zero-order chi connectivity index (χ0) is 20.9. The van der Waals surface area contributed by atoms with Crippen LogP contribution in [-0.2, 0) is 4.79 Å². The number of piperidine rings is 2. The maximum atomic E-state index is 13.0. The molecule has 0 aromatic heterocycles. The minimum atomic E-state index is -0.308. The van der Waals surface area contributed by atoms with Gasteiger partial charge in [-0.1, -0.05) is 18.2 Å². The molecule has 2 fully saturated rings. The number of nitrogens with zero attached hydrogens (tertiary/aromatic N) is 2. The molecule has 0 saturated carbocycles. The number of halogens is 1. The quantitative estimate of drug-likeness (QED) is 0.836. The Bertz CT molecular complexity index is 856. The van der Waals surface area contributed by atoms with Gasteiger partial charge in [-0.05, 0) is 75.2 Å². The van der Waals surface area contributed by atoms with Crippen LogP contribution in [0.15, 0.2) is 54.6 Å². The first kappa shape index (κ1) is 20.5. The Morgan fingerprint density at radius 2 is 1.47 bits per heavy atom. The average Bonchev–Trinajstić information content (AvgIpc) is 2.81. The van der Waals surface area contributed by atoms with Crippen LogP contribution in [0.5, 0.6) is 0 Å². The summed E-state index contributed by atoms with van der Waals surface area (Å²) in [6.45, 7) is 3.37. The lowest BCUT2D eigenvalue weighted by Crippen LogP contribution is -2.49. The van der Waals surface area contributed by atoms with E-state index in [1.807, 2.05) is 35.2 Å². The zero-order valence-corrected chi connectivity index (χ0v) is 17.1. The van der Waals surface area contributed by atoms with Gasteiger partial charge in [0.2, 0.25) is 5.91 Å². The fourth-order valence-electron chi connectivity index (χ4n) is 4.50. The van der Waals surface area contributed by atoms with Crippen LogP contribution in [0.1, 0.15) is 36.0 Å². The molecule has 2 aromatic rings. The van der Waals surface area contributed by atoms with E-state index in [1.54, 1.807) is 12.1 Å². The fourth-order valence-corrected chi connectivity index (χ4v) is 4.50. The summed E-state index contributed by atoms with van der Waals surface area (Å²) in [6.07, 6.45) is 3.61. The second-order valence-corrected chi connectivity index (χ2v) is 8.20. The first-order valence-corrected chi connectivity index (χ1v) is 10.7. The van der Waals surface area contributed by atoms with Crippen LogP contribution in [0, 0.1) is 11.7 Å². The fraction of sp³-hybridized carbons (Fsp3) is 0.417. The van der Waals surface area contributed by atoms with E-state index >= 15 is 0 Å². The molecule has 4 rings (SSSR count). The van der Waals surface area contributed by atoms with Gasteiger partial charge >= 0.3 is 0 Å². The SMILES string of the molecule is O=C(Nc1ccc(F)cc1)C1CCN(C2CCN(C(=O)c3ccccc3)CC2)CC1. The molecule has 1 N–H and O–H groups in total. The molecule has 6 heteroatoms. The van der Waals surface area contributed by atoms with Crippen LogP contribution in [-0.4, -0.2) is 53.8 Å². The summed E-state index contributed by atoms with van der Waals surface area (Å²) in [7, 11) is 0. The summed E-state index contributed by atoms with van der Waals surface area (Å²) >= 11 is 0. The van der Waals surface area contributed by atoms with Crippen molar-refractivity contribution < 1.29 is 14.0 Å². The Balaban J connectivity index is 1.22. The van der Waals surface area contributed by atoms with E-state index in [0.29, 0.717) is 11.7 Å². The molecule has 0 radical (unpaired) electrons. The normalized spacial score (nSPS) is 18.9. The molecule has 2 aliphatic rings. The van der Waals surface area contributed by atoms with Gasteiger partial charge in [0.25, 0.3) is 5.91 Å². The van der Waals surface area contributed by atoms with Crippen molar-refractivity contribution in [2.75, 3.05) is 31.5 Å². The van der Waals surface area contributed by atoms with E-state index in [-0.39, 0.29) is 23.5 Å². The van der Waals surface area contributed by atoms with Crippen molar-refractivity contribution in [1.29, 1.82) is 0 Å². The van der Waals surface area contributed by atoms with Crippen molar-refractivity contribution in [3.05, 3.63) is 66.0 Å². The average molecular weight is 410 g/mol. The summed E-state index contributed by atoms with van der Waals surface area (Å²) in [5.74, 6) is -0.182. The molecule has 0 unspecified atom stereocenters. The maximum absolute atomic E-state index is 13.0. The minimum Gasteiger partial charge on any atom is -0.339 e. The van der Waals surface area contributed by atoms with Gasteiger partial charge in [0.15, 0.2) is 0 Å². The molecule has 30 heavy (non-hydrogen) atoms. The number of hydrogen-bond acceptors (Lipinski definition) is 3. The van der Waals surface area contributed by atoms with Crippen LogP contribution < -0.4 is 5.32 Å². The van der Waals surface area contributed by atoms with Crippen LogP contribution >= 0.6 is 0 Å². The highest BCUT2D eigenvalue weighted by molar-refractivity contribution is 5.94. The molecule has 5 nitrogen and oxygen atoms in total. The number of carbonyl (C=O) groups is 2. The number of hydrogen-bond donors (Lipinski definition) is 1. The third kappa shape index (κ3) is 4.87. The summed E-state index contributed by atoms with van der Waals surface area (Å²) in [4.78, 5) is 29.6. The Morgan fingerprint density at radius 1 is 0.833 bits per heavy atom. The third-order valence-corrected chi connectivity index (χ3v) is 6.30. The standard InChI is InChI=1S/C24H28FN3O2/c25-20-6-8-21(9-7-20)26-23(29)18-10-14-27(15-11-18)22-12-16-28(17-13-22)24(30)19-4-2-1-3-5-19/h1-9,18,22H,10-17H2,(H,26,29). The van der Waals surface area contributed by atoms with Gasteiger partial charge in [-0.15, -0.1) is 0 Å². The molecule has 0 bridgehead atoms. The first-order chi connectivity index (χ1) is 14.6. The van der Waals surface area contributed by atoms with Crippen LogP contribution in [0.4, 0.5) is 10.1 Å². The summed E-state index contributed by atoms with van der Waals surface area (Å²) in [6, 6.07) is 15.8. The van der Waals surface area contributed by atoms with Crippen molar-refractivity contribution in [3.63, 3.8) is 0 Å². The molecule has 0 aliphatic carbocycles. The number of anilines is 1. The highest BCUT2D eigenvalue weighted by Gasteiger charge is 2.31. The van der Waals surface area contributed by atoms with Crippen molar-refractivity contribution in [1.82, 2.24) is 9.80 Å². The van der Waals surface area contributed by atoms with Crippen molar-refractivity contribution in [3.8, 4) is 0 Å². The van der Waals surface area contributed by atoms with Gasteiger partial charge in [0.05, 0.1) is 0 Å². The van der Waals surface area contributed by atoms with Gasteiger partial charge in [-0.2, -0.15) is 0 Å². The van der Waals surface area contributed by atoms with Crippen molar-refractivity contribution in [2.45, 2.75) is 31.7 Å². The predicted octanol–water partition coefficient (Wildman–Crippen LogP) is 3.78. The minimum absolute atomic E-state index is 0.00829. The lowest BCUT2D eigenvalue weighted by molar-refractivity contribution is -0.121. The first-order valence-electron chi connectivity index (χ1n) is 10.7. The van der Waals surface area contributed by atoms with Gasteiger partial charge < -0.3 is 15.1 Å². The lowest BCUT2D eigenvalue weighted by atomic mass is 9.92. The second kappa shape index (κ2) is 9.39. The summed E-state index contributed by atoms with van der Waals surface area (Å²) < 4.78 is 13.0. The molecule has 0 atom stereocenters. The predicted molar refractivity (Wildman–Crippen MR) is 115 cm³/mol. The molecular weight excluding hydrogens is 381 g/mol. The summed E-state index contributed by atoms with van der Waals surface area (Å²) in [5.41, 5.74) is 1.39. The van der Waals surface area contributed by atoms with Crippen LogP contribution in [0.2, 0.25) is 0 Å². The van der Waals surface area contributed by atoms with E-state index in [1.165, 1.54) is 12.1 Å². The smallest absolute Gasteiger partial charge is 0.253 e. The van der Waals surface area contributed by atoms with Gasteiger partial charge in [0.1, 0.15) is 5.82 Å². The Morgan fingerprint density at radius 3 is 2.10 bits per heavy atom. The van der Waals surface area contributed by atoms with Gasteiger partial charge in [0, 0.05) is 36.3 Å². The molecule has 2 saturated heterocycles. The molecule has 158 valence electrons. The van der Waals surface area contributed by atoms with Gasteiger partial charge in [-0.3, -0.25) is 9.59 Å². The third-order valence-electron chi connectivity index (χ3n) is 6.30.